The number of carbonyl (C=O) groups is 8. The number of hydrogen-bond donors (Lipinski definition) is 7. The SMILES string of the molecule is CC(C)c1ccc(F)c(OC(C)(C)C(=O)O)c1.CC(C)c1ccc(F)c(OC(F)(F)C(=O)O)c1.CC(C)c1ccc(F)c(OCC(=O)O)c1.CC(C)c1ccc(F)c(OCCCC(=O)O)c1.CC(C)c1ccc(F)c(OCCCCC(=O)O)c1.CC(C)c1ccc(F)c(OCCCCCC(=O)O)c1.CC(Oc1cc(C(C)C)ccc1F)C(=O)O.CCOC(=O)CCCCCCOc1cc(C(C)C)ccc1F. The molecular formula is C107H140F10O24. The number of carbonyl (C=O) groups excluding carboxylic acids is 1. The number of esters is 1. The highest BCUT2D eigenvalue weighted by atomic mass is 19.3. The van der Waals surface area contributed by atoms with Crippen LogP contribution in [0.15, 0.2) is 146 Å². The topological polar surface area (TPSA) is 361 Å². The Hall–Kier alpha value is -12.8. The average molecular weight is 2000 g/mol. The Bertz CT molecular complexity index is 5070. The monoisotopic (exact) mass is 2000 g/mol. The van der Waals surface area contributed by atoms with Crippen LogP contribution in [0, 0.1) is 46.5 Å². The van der Waals surface area contributed by atoms with E-state index in [0.29, 0.717) is 93.5 Å². The summed E-state index contributed by atoms with van der Waals surface area (Å²) in [5.74, 6) is -10.3. The van der Waals surface area contributed by atoms with E-state index in [-0.39, 0.29) is 107 Å². The minimum Gasteiger partial charge on any atom is -0.491 e. The summed E-state index contributed by atoms with van der Waals surface area (Å²) >= 11 is 0. The van der Waals surface area contributed by atoms with Crippen molar-refractivity contribution in [1.29, 1.82) is 0 Å². The van der Waals surface area contributed by atoms with E-state index in [0.717, 1.165) is 89.6 Å². The number of halogens is 10. The predicted octanol–water partition coefficient (Wildman–Crippen LogP) is 27.0. The molecule has 24 nitrogen and oxygen atoms in total. The lowest BCUT2D eigenvalue weighted by atomic mass is 10.0. The third kappa shape index (κ3) is 52.3. The van der Waals surface area contributed by atoms with Crippen molar-refractivity contribution in [3.05, 3.63) is 237 Å². The number of aliphatic carboxylic acids is 7. The lowest BCUT2D eigenvalue weighted by Crippen LogP contribution is -2.38. The quantitative estimate of drug-likeness (QED) is 0.0106. The van der Waals surface area contributed by atoms with E-state index in [1.165, 1.54) is 75.4 Å². The molecule has 1 unspecified atom stereocenters. The molecule has 782 valence electrons. The molecule has 34 heteroatoms. The minimum atomic E-state index is -4.45. The van der Waals surface area contributed by atoms with E-state index in [2.05, 4.69) is 18.6 Å². The molecule has 0 aliphatic heterocycles. The molecule has 141 heavy (non-hydrogen) atoms. The van der Waals surface area contributed by atoms with Gasteiger partial charge in [0.15, 0.2) is 111 Å². The number of unbranched alkanes of at least 4 members (excludes halogenated alkanes) is 6. The molecule has 0 fully saturated rings. The highest BCUT2D eigenvalue weighted by molar-refractivity contribution is 5.77. The normalized spacial score (nSPS) is 11.1. The molecular weight excluding hydrogens is 1860 g/mol. The molecule has 0 amide bonds. The van der Waals surface area contributed by atoms with Crippen LogP contribution in [0.1, 0.15) is 320 Å². The van der Waals surface area contributed by atoms with E-state index in [1.54, 1.807) is 92.7 Å². The first-order valence-electron chi connectivity index (χ1n) is 46.6. The lowest BCUT2D eigenvalue weighted by Gasteiger charge is -2.22. The van der Waals surface area contributed by atoms with Crippen LogP contribution in [0.3, 0.4) is 0 Å². The van der Waals surface area contributed by atoms with Crippen LogP contribution < -0.4 is 37.9 Å². The van der Waals surface area contributed by atoms with Crippen LogP contribution in [-0.2, 0) is 43.1 Å². The second-order valence-corrected chi connectivity index (χ2v) is 35.3. The van der Waals surface area contributed by atoms with Crippen LogP contribution in [0.2, 0.25) is 0 Å². The first-order valence-corrected chi connectivity index (χ1v) is 46.6. The van der Waals surface area contributed by atoms with Gasteiger partial charge in [0.05, 0.1) is 33.0 Å². The van der Waals surface area contributed by atoms with Gasteiger partial charge in [0.1, 0.15) is 0 Å². The van der Waals surface area contributed by atoms with E-state index in [9.17, 15) is 82.3 Å². The standard InChI is InChI=1S/C18H27FO3.C15H21FO3.C14H19FO3.2C13H17FO3.C12H15FO3.C11H11F3O3.C11H13FO3/c1-4-21-18(20)9-7-5-6-8-12-22-17-13-15(14(2)3)10-11-16(17)19;1-11(2)12-7-8-13(16)14(10-12)19-9-5-3-4-6-15(17)18;1-10(2)11-6-7-12(15)13(9-11)18-8-4-3-5-14(16)17;1-8(2)9-5-6-10(14)11(7-9)17-13(3,4)12(15)16;1-9(2)10-5-6-11(14)12(8-10)17-7-3-4-13(15)16;1-7(2)9-4-5-10(13)11(6-9)16-8(3)12(14)15;1-6(2)7-3-4-8(12)9(5-7)17-11(13,14)10(15)16;1-7(2)8-3-4-9(12)10(5-8)15-6-11(13)14/h10-11,13-14H,4-9,12H2,1-3H3;7-8,10-11H,3-6,9H2,1-2H3,(H,17,18);6-7,9-10H,3-5,8H2,1-2H3,(H,16,17);5-8H,1-4H3,(H,15,16);5-6,8-9H,3-4,7H2,1-2H3,(H,15,16);4-8H,1-3H3,(H,14,15);3-6H,1-2H3,(H,15,16);3-5,7H,6H2,1-2H3,(H,13,14). The number of ether oxygens (including phenoxy) is 9. The summed E-state index contributed by atoms with van der Waals surface area (Å²) in [6.45, 7) is 39.0. The van der Waals surface area contributed by atoms with Gasteiger partial charge < -0.3 is 78.4 Å². The Kier molecular flexibility index (Phi) is 59.1. The maximum Gasteiger partial charge on any atom is 0.502 e. The van der Waals surface area contributed by atoms with Gasteiger partial charge in [-0.25, -0.2) is 54.3 Å². The van der Waals surface area contributed by atoms with Gasteiger partial charge in [0.25, 0.3) is 0 Å². The van der Waals surface area contributed by atoms with Crippen LogP contribution >= 0.6 is 0 Å². The molecule has 0 spiro atoms. The van der Waals surface area contributed by atoms with Crippen LogP contribution in [0.5, 0.6) is 46.0 Å². The molecule has 0 aliphatic rings. The van der Waals surface area contributed by atoms with Crippen molar-refractivity contribution < 1.29 is 161 Å². The van der Waals surface area contributed by atoms with Crippen LogP contribution in [0.25, 0.3) is 0 Å². The van der Waals surface area contributed by atoms with Gasteiger partial charge >= 0.3 is 53.9 Å². The van der Waals surface area contributed by atoms with E-state index >= 15 is 0 Å². The number of hydrogen-bond acceptors (Lipinski definition) is 17. The second kappa shape index (κ2) is 66.0. The maximum absolute atomic E-state index is 13.6. The first kappa shape index (κ1) is 126. The summed E-state index contributed by atoms with van der Waals surface area (Å²) < 4.78 is 178. The van der Waals surface area contributed by atoms with Gasteiger partial charge in [0.2, 0.25) is 0 Å². The number of alkyl halides is 2. The fourth-order valence-corrected chi connectivity index (χ4v) is 11.6. The molecule has 0 aliphatic carbocycles. The molecule has 0 heterocycles. The highest BCUT2D eigenvalue weighted by Crippen LogP contribution is 2.34. The van der Waals surface area contributed by atoms with E-state index < -0.39 is 101 Å². The second-order valence-electron chi connectivity index (χ2n) is 35.3. The van der Waals surface area contributed by atoms with Gasteiger partial charge in [-0.3, -0.25) is 19.2 Å². The van der Waals surface area contributed by atoms with Gasteiger partial charge in [-0.15, -0.1) is 0 Å². The summed E-state index contributed by atoms with van der Waals surface area (Å²) in [6.07, 6.45) is 2.57. The number of benzene rings is 8. The van der Waals surface area contributed by atoms with Gasteiger partial charge in [0, 0.05) is 25.7 Å². The molecule has 0 aromatic heterocycles. The van der Waals surface area contributed by atoms with Crippen molar-refractivity contribution in [3.8, 4) is 46.0 Å². The van der Waals surface area contributed by atoms with E-state index in [1.807, 2.05) is 90.0 Å². The fourth-order valence-electron chi connectivity index (χ4n) is 11.6. The van der Waals surface area contributed by atoms with Gasteiger partial charge in [-0.1, -0.05) is 172 Å². The molecule has 0 saturated carbocycles. The first-order chi connectivity index (χ1) is 65.9. The summed E-state index contributed by atoms with van der Waals surface area (Å²) in [7, 11) is 0. The van der Waals surface area contributed by atoms with Crippen LogP contribution in [-0.4, -0.2) is 141 Å². The van der Waals surface area contributed by atoms with Crippen molar-refractivity contribution in [1.82, 2.24) is 0 Å². The zero-order valence-electron chi connectivity index (χ0n) is 84.0. The molecule has 8 rings (SSSR count). The van der Waals surface area contributed by atoms with Crippen molar-refractivity contribution in [2.24, 2.45) is 0 Å². The van der Waals surface area contributed by atoms with Crippen molar-refractivity contribution >= 4 is 47.8 Å². The van der Waals surface area contributed by atoms with Gasteiger partial charge in [-0.2, -0.15) is 8.78 Å². The maximum atomic E-state index is 13.6. The number of carboxylic acids is 7. The number of carboxylic acid groups (broad SMARTS) is 7. The van der Waals surface area contributed by atoms with Crippen molar-refractivity contribution in [2.45, 2.75) is 294 Å². The lowest BCUT2D eigenvalue weighted by molar-refractivity contribution is -0.211. The Morgan fingerprint density at radius 3 is 0.794 bits per heavy atom. The Balaban J connectivity index is 0.000000807. The third-order valence-corrected chi connectivity index (χ3v) is 20.3. The van der Waals surface area contributed by atoms with Gasteiger partial charge in [-0.05, 0) is 268 Å². The van der Waals surface area contributed by atoms with Crippen molar-refractivity contribution in [3.63, 3.8) is 0 Å². The molecule has 0 saturated heterocycles. The minimum absolute atomic E-state index is 0.0106. The Morgan fingerprint density at radius 2 is 0.518 bits per heavy atom. The zero-order valence-corrected chi connectivity index (χ0v) is 84.0. The zero-order chi connectivity index (χ0) is 107. The largest absolute Gasteiger partial charge is 0.502 e. The summed E-state index contributed by atoms with van der Waals surface area (Å²) in [6, 6.07) is 36.5. The predicted molar refractivity (Wildman–Crippen MR) is 516 cm³/mol. The third-order valence-electron chi connectivity index (χ3n) is 20.3. The summed E-state index contributed by atoms with van der Waals surface area (Å²) in [4.78, 5) is 84.0. The molecule has 8 aromatic rings. The smallest absolute Gasteiger partial charge is 0.491 e. The van der Waals surface area contributed by atoms with Crippen molar-refractivity contribution in [2.75, 3.05) is 39.6 Å². The number of rotatable bonds is 47. The molecule has 0 bridgehead atoms. The molecule has 8 aromatic carbocycles. The molecule has 1 atom stereocenters. The molecule has 7 N–H and O–H groups in total. The summed E-state index contributed by atoms with van der Waals surface area (Å²) in [5.41, 5.74) is 6.00. The Morgan fingerprint density at radius 1 is 0.284 bits per heavy atom. The molecule has 0 radical (unpaired) electrons. The Labute approximate surface area is 820 Å². The van der Waals surface area contributed by atoms with E-state index in [4.69, 9.17) is 73.6 Å². The average Bonchev–Trinajstić information content (AvgIpc) is 0.827. The summed E-state index contributed by atoms with van der Waals surface area (Å²) in [5, 5.41) is 59.6. The van der Waals surface area contributed by atoms with Crippen LogP contribution in [0.4, 0.5) is 43.9 Å². The highest BCUT2D eigenvalue weighted by Gasteiger charge is 2.43. The fraction of sp³-hybridized carbons (Fsp3) is 0.477.